The van der Waals surface area contributed by atoms with Gasteiger partial charge in [0.25, 0.3) is 0 Å². The average Bonchev–Trinajstić information content (AvgIpc) is 2.69. The molecule has 3 N–H and O–H groups in total. The smallest absolute Gasteiger partial charge is 0.244 e. The van der Waals surface area contributed by atoms with Crippen molar-refractivity contribution in [2.24, 2.45) is 11.1 Å². The van der Waals surface area contributed by atoms with E-state index >= 15 is 0 Å². The third-order valence-electron chi connectivity index (χ3n) is 5.53. The minimum Gasteiger partial charge on any atom is -0.490 e. The summed E-state index contributed by atoms with van der Waals surface area (Å²) in [7, 11) is -3.66. The van der Waals surface area contributed by atoms with Gasteiger partial charge in [-0.2, -0.15) is 0 Å². The second-order valence-electron chi connectivity index (χ2n) is 6.74. The topological polar surface area (TPSA) is 90.7 Å². The molecule has 2 saturated carbocycles. The van der Waals surface area contributed by atoms with Crippen LogP contribution < -0.4 is 19.9 Å². The molecule has 1 aromatic carbocycles. The van der Waals surface area contributed by atoms with E-state index in [-0.39, 0.29) is 22.4 Å². The van der Waals surface area contributed by atoms with Crippen LogP contribution in [-0.2, 0) is 10.0 Å². The molecule has 1 aliphatic heterocycles. The van der Waals surface area contributed by atoms with Crippen LogP contribution in [0.1, 0.15) is 32.1 Å². The van der Waals surface area contributed by atoms with Crippen LogP contribution in [-0.4, -0.2) is 33.7 Å². The van der Waals surface area contributed by atoms with Crippen molar-refractivity contribution in [3.05, 3.63) is 18.2 Å². The van der Waals surface area contributed by atoms with Gasteiger partial charge in [0.05, 0.1) is 13.2 Å². The van der Waals surface area contributed by atoms with Gasteiger partial charge in [-0.15, -0.1) is 0 Å². The van der Waals surface area contributed by atoms with Crippen LogP contribution in [0.4, 0.5) is 0 Å². The molecule has 1 spiro atoms. The molecule has 0 bridgehead atoms. The predicted octanol–water partition coefficient (Wildman–Crippen LogP) is 1.40. The minimum absolute atomic E-state index is 0.0316. The predicted molar refractivity (Wildman–Crippen MR) is 85.0 cm³/mol. The molecule has 126 valence electrons. The maximum atomic E-state index is 12.9. The molecule has 6 nitrogen and oxygen atoms in total. The molecule has 1 heterocycles. The Morgan fingerprint density at radius 3 is 2.65 bits per heavy atom. The third kappa shape index (κ3) is 2.33. The lowest BCUT2D eigenvalue weighted by Gasteiger charge is -2.60. The normalized spacial score (nSPS) is 28.6. The van der Waals surface area contributed by atoms with E-state index in [0.29, 0.717) is 31.1 Å². The van der Waals surface area contributed by atoms with Crippen LogP contribution in [0.15, 0.2) is 23.1 Å². The zero-order chi connectivity index (χ0) is 16.1. The Balaban J connectivity index is 1.62. The molecule has 3 aliphatic rings. The Morgan fingerprint density at radius 2 is 1.96 bits per heavy atom. The molecule has 2 atom stereocenters. The Morgan fingerprint density at radius 1 is 1.17 bits per heavy atom. The van der Waals surface area contributed by atoms with E-state index in [1.54, 1.807) is 18.2 Å². The van der Waals surface area contributed by atoms with Crippen molar-refractivity contribution in [3.63, 3.8) is 0 Å². The summed E-state index contributed by atoms with van der Waals surface area (Å²) in [6.07, 6.45) is 4.58. The van der Waals surface area contributed by atoms with Gasteiger partial charge >= 0.3 is 0 Å². The SMILES string of the molecule is NC1CC(NS(=O)(=O)c2cccc3c2OCCCO3)C12CCC2. The molecule has 2 fully saturated rings. The van der Waals surface area contributed by atoms with E-state index in [0.717, 1.165) is 25.7 Å². The van der Waals surface area contributed by atoms with E-state index in [4.69, 9.17) is 15.2 Å². The standard InChI is InChI=1S/C16H22N2O4S/c17-13-10-14(16(13)6-2-7-16)18-23(19,20)12-5-1-4-11-15(12)22-9-3-8-21-11/h1,4-5,13-14,18H,2-3,6-10,17H2. The summed E-state index contributed by atoms with van der Waals surface area (Å²) in [6, 6.07) is 5.04. The van der Waals surface area contributed by atoms with Crippen LogP contribution >= 0.6 is 0 Å². The molecule has 0 aromatic heterocycles. The molecule has 23 heavy (non-hydrogen) atoms. The number of nitrogens with two attached hydrogens (primary N) is 1. The zero-order valence-electron chi connectivity index (χ0n) is 13.0. The van der Waals surface area contributed by atoms with Crippen molar-refractivity contribution in [3.8, 4) is 11.5 Å². The molecule has 0 saturated heterocycles. The van der Waals surface area contributed by atoms with Crippen molar-refractivity contribution in [1.82, 2.24) is 4.72 Å². The fraction of sp³-hybridized carbons (Fsp3) is 0.625. The molecule has 2 aliphatic carbocycles. The highest BCUT2D eigenvalue weighted by Crippen LogP contribution is 2.55. The van der Waals surface area contributed by atoms with Gasteiger partial charge in [-0.25, -0.2) is 13.1 Å². The van der Waals surface area contributed by atoms with Crippen LogP contribution in [0.5, 0.6) is 11.5 Å². The van der Waals surface area contributed by atoms with Crippen LogP contribution in [0, 0.1) is 5.41 Å². The average molecular weight is 338 g/mol. The van der Waals surface area contributed by atoms with Crippen molar-refractivity contribution >= 4 is 10.0 Å². The zero-order valence-corrected chi connectivity index (χ0v) is 13.8. The Hall–Kier alpha value is -1.31. The number of nitrogens with one attached hydrogen (secondary N) is 1. The highest BCUT2D eigenvalue weighted by molar-refractivity contribution is 7.89. The van der Waals surface area contributed by atoms with E-state index < -0.39 is 10.0 Å². The van der Waals surface area contributed by atoms with Gasteiger partial charge in [0.15, 0.2) is 11.5 Å². The number of para-hydroxylation sites is 1. The highest BCUT2D eigenvalue weighted by Gasteiger charge is 2.57. The molecule has 0 radical (unpaired) electrons. The number of sulfonamides is 1. The molecule has 7 heteroatoms. The quantitative estimate of drug-likeness (QED) is 0.869. The Labute approximate surface area is 136 Å². The van der Waals surface area contributed by atoms with Gasteiger partial charge in [-0.1, -0.05) is 12.5 Å². The summed E-state index contributed by atoms with van der Waals surface area (Å²) in [4.78, 5) is 0.159. The minimum atomic E-state index is -3.66. The summed E-state index contributed by atoms with van der Waals surface area (Å²) in [5.41, 5.74) is 6.09. The van der Waals surface area contributed by atoms with Gasteiger partial charge in [0, 0.05) is 23.9 Å². The Bertz CT molecular complexity index is 715. The monoisotopic (exact) mass is 338 g/mol. The van der Waals surface area contributed by atoms with E-state index in [2.05, 4.69) is 4.72 Å². The molecular weight excluding hydrogens is 316 g/mol. The summed E-state index contributed by atoms with van der Waals surface area (Å²) in [5.74, 6) is 0.817. The lowest BCUT2D eigenvalue weighted by atomic mass is 9.50. The van der Waals surface area contributed by atoms with E-state index in [9.17, 15) is 8.42 Å². The van der Waals surface area contributed by atoms with Gasteiger partial charge in [-0.3, -0.25) is 0 Å². The van der Waals surface area contributed by atoms with E-state index in [1.165, 1.54) is 0 Å². The first-order valence-electron chi connectivity index (χ1n) is 8.19. The van der Waals surface area contributed by atoms with Crippen molar-refractivity contribution in [1.29, 1.82) is 0 Å². The first-order valence-corrected chi connectivity index (χ1v) is 9.68. The van der Waals surface area contributed by atoms with Crippen molar-refractivity contribution in [2.75, 3.05) is 13.2 Å². The number of rotatable bonds is 3. The largest absolute Gasteiger partial charge is 0.490 e. The molecule has 0 amide bonds. The third-order valence-corrected chi connectivity index (χ3v) is 7.02. The van der Waals surface area contributed by atoms with Gasteiger partial charge in [0.2, 0.25) is 10.0 Å². The first kappa shape index (κ1) is 15.2. The first-order chi connectivity index (χ1) is 11.0. The van der Waals surface area contributed by atoms with Crippen molar-refractivity contribution < 1.29 is 17.9 Å². The maximum absolute atomic E-state index is 12.9. The fourth-order valence-electron chi connectivity index (χ4n) is 3.92. The summed E-state index contributed by atoms with van der Waals surface area (Å²) < 4.78 is 39.8. The number of ether oxygens (including phenoxy) is 2. The molecule has 4 rings (SSSR count). The second kappa shape index (κ2) is 5.36. The number of hydrogen-bond acceptors (Lipinski definition) is 5. The maximum Gasteiger partial charge on any atom is 0.244 e. The fourth-order valence-corrected chi connectivity index (χ4v) is 5.41. The van der Waals surface area contributed by atoms with Gasteiger partial charge in [0.1, 0.15) is 4.90 Å². The number of hydrogen-bond donors (Lipinski definition) is 2. The van der Waals surface area contributed by atoms with E-state index in [1.807, 2.05) is 0 Å². The van der Waals surface area contributed by atoms with Crippen molar-refractivity contribution in [2.45, 2.75) is 49.1 Å². The van der Waals surface area contributed by atoms with Gasteiger partial charge < -0.3 is 15.2 Å². The van der Waals surface area contributed by atoms with Crippen LogP contribution in [0.25, 0.3) is 0 Å². The number of fused-ring (bicyclic) bond motifs is 1. The van der Waals surface area contributed by atoms with Crippen LogP contribution in [0.3, 0.4) is 0 Å². The number of benzene rings is 1. The Kier molecular flexibility index (Phi) is 3.55. The molecule has 1 aromatic rings. The molecule has 2 unspecified atom stereocenters. The molecular formula is C16H22N2O4S. The lowest BCUT2D eigenvalue weighted by Crippen LogP contribution is -2.69. The second-order valence-corrected chi connectivity index (χ2v) is 8.42. The van der Waals surface area contributed by atoms with Gasteiger partial charge in [-0.05, 0) is 31.4 Å². The summed E-state index contributed by atoms with van der Waals surface area (Å²) in [6.45, 7) is 0.988. The highest BCUT2D eigenvalue weighted by atomic mass is 32.2. The summed E-state index contributed by atoms with van der Waals surface area (Å²) in [5, 5.41) is 0. The summed E-state index contributed by atoms with van der Waals surface area (Å²) >= 11 is 0. The lowest BCUT2D eigenvalue weighted by molar-refractivity contribution is -0.0321. The van der Waals surface area contributed by atoms with Crippen LogP contribution in [0.2, 0.25) is 0 Å².